The smallest absolute Gasteiger partial charge is 0.358 e. The molecule has 2 aromatic rings. The highest BCUT2D eigenvalue weighted by Crippen LogP contribution is 2.37. The molecule has 2 heterocycles. The number of hydrogen-bond acceptors (Lipinski definition) is 5. The molecule has 4 rings (SSSR count). The van der Waals surface area contributed by atoms with E-state index in [0.29, 0.717) is 36.5 Å². The summed E-state index contributed by atoms with van der Waals surface area (Å²) in [5, 5.41) is 3.43. The van der Waals surface area contributed by atoms with Gasteiger partial charge >= 0.3 is 6.18 Å². The lowest BCUT2D eigenvalue weighted by Crippen LogP contribution is -2.51. The molecule has 1 N–H and O–H groups in total. The van der Waals surface area contributed by atoms with Gasteiger partial charge in [-0.05, 0) is 77.1 Å². The van der Waals surface area contributed by atoms with Crippen molar-refractivity contribution >= 4 is 22.6 Å². The Labute approximate surface area is 205 Å². The van der Waals surface area contributed by atoms with E-state index < -0.39 is 17.8 Å². The van der Waals surface area contributed by atoms with Gasteiger partial charge in [0.15, 0.2) is 0 Å². The summed E-state index contributed by atoms with van der Waals surface area (Å²) in [5.74, 6) is 0.746. The second-order valence-electron chi connectivity index (χ2n) is 10.3. The molecule has 2 fully saturated rings. The van der Waals surface area contributed by atoms with E-state index in [1.165, 1.54) is 12.4 Å². The maximum absolute atomic E-state index is 13.5. The molecule has 1 aromatic carbocycles. The van der Waals surface area contributed by atoms with Gasteiger partial charge in [0, 0.05) is 30.1 Å². The minimum absolute atomic E-state index is 0.0190. The molecule has 1 amide bonds. The molecule has 0 radical (unpaired) electrons. The van der Waals surface area contributed by atoms with Crippen molar-refractivity contribution in [3.8, 4) is 0 Å². The van der Waals surface area contributed by atoms with Crippen LogP contribution in [0.15, 0.2) is 24.5 Å². The van der Waals surface area contributed by atoms with Gasteiger partial charge in [0.1, 0.15) is 18.2 Å². The van der Waals surface area contributed by atoms with Gasteiger partial charge in [-0.25, -0.2) is 9.97 Å². The van der Waals surface area contributed by atoms with Crippen molar-refractivity contribution in [3.05, 3.63) is 30.1 Å². The van der Waals surface area contributed by atoms with Crippen molar-refractivity contribution in [2.75, 3.05) is 18.9 Å². The van der Waals surface area contributed by atoms with Gasteiger partial charge in [0.2, 0.25) is 5.91 Å². The van der Waals surface area contributed by atoms with E-state index in [1.807, 2.05) is 4.90 Å². The standard InChI is InChI=1S/C26H36F3N5O/c1-5-6-17-13-19(33(4)16(2)3)8-10-23(17)34-12-11-22(25(34)35)32-24-20-14-18(26(27,28)29)7-9-21(20)30-15-31-24/h7,9,14-17,19,22-23H,5-6,8,10-13H2,1-4H3,(H,30,31,32)/t17-,19-,22?,23+/m0/s1. The Hall–Kier alpha value is -2.42. The van der Waals surface area contributed by atoms with Gasteiger partial charge in [0.25, 0.3) is 0 Å². The number of halogens is 3. The Kier molecular flexibility index (Phi) is 7.54. The Morgan fingerprint density at radius 3 is 2.66 bits per heavy atom. The highest BCUT2D eigenvalue weighted by Gasteiger charge is 2.42. The van der Waals surface area contributed by atoms with Crippen LogP contribution < -0.4 is 5.32 Å². The van der Waals surface area contributed by atoms with Crippen molar-refractivity contribution in [1.82, 2.24) is 19.8 Å². The fourth-order valence-electron chi connectivity index (χ4n) is 5.78. The average molecular weight is 492 g/mol. The second kappa shape index (κ2) is 10.3. The summed E-state index contributed by atoms with van der Waals surface area (Å²) in [6.45, 7) is 7.28. The molecule has 1 aliphatic carbocycles. The summed E-state index contributed by atoms with van der Waals surface area (Å²) in [5.41, 5.74) is -0.346. The number of aromatic nitrogens is 2. The summed E-state index contributed by atoms with van der Waals surface area (Å²) in [7, 11) is 2.19. The summed E-state index contributed by atoms with van der Waals surface area (Å²) < 4.78 is 39.8. The maximum Gasteiger partial charge on any atom is 0.416 e. The fourth-order valence-corrected chi connectivity index (χ4v) is 5.78. The topological polar surface area (TPSA) is 61.4 Å². The van der Waals surface area contributed by atoms with Crippen LogP contribution in [0.1, 0.15) is 64.9 Å². The van der Waals surface area contributed by atoms with Crippen LogP contribution in [0.2, 0.25) is 0 Å². The first-order chi connectivity index (χ1) is 16.6. The molecular weight excluding hydrogens is 455 g/mol. The lowest BCUT2D eigenvalue weighted by molar-refractivity contribution is -0.137. The fraction of sp³-hybridized carbons (Fsp3) is 0.654. The van der Waals surface area contributed by atoms with Crippen molar-refractivity contribution < 1.29 is 18.0 Å². The van der Waals surface area contributed by atoms with Crippen LogP contribution >= 0.6 is 0 Å². The highest BCUT2D eigenvalue weighted by atomic mass is 19.4. The molecule has 1 unspecified atom stereocenters. The zero-order chi connectivity index (χ0) is 25.3. The molecule has 1 saturated heterocycles. The quantitative estimate of drug-likeness (QED) is 0.567. The number of anilines is 1. The van der Waals surface area contributed by atoms with Crippen LogP contribution in [-0.4, -0.2) is 63.4 Å². The molecular formula is C26H36F3N5O. The SMILES string of the molecule is CCC[C@H]1C[C@@H](N(C)C(C)C)CC[C@H]1N1CCC(Nc2ncnc3ccc(C(F)(F)F)cc23)C1=O. The molecule has 0 spiro atoms. The van der Waals surface area contributed by atoms with E-state index in [2.05, 4.69) is 48.0 Å². The van der Waals surface area contributed by atoms with Crippen LogP contribution in [-0.2, 0) is 11.0 Å². The zero-order valence-electron chi connectivity index (χ0n) is 21.0. The van der Waals surface area contributed by atoms with Gasteiger partial charge in [-0.3, -0.25) is 4.79 Å². The van der Waals surface area contributed by atoms with Gasteiger partial charge in [-0.15, -0.1) is 0 Å². The van der Waals surface area contributed by atoms with E-state index in [-0.39, 0.29) is 23.2 Å². The normalized spacial score (nSPS) is 25.7. The molecule has 1 aromatic heterocycles. The van der Waals surface area contributed by atoms with Crippen molar-refractivity contribution in [2.24, 2.45) is 5.92 Å². The number of nitrogens with one attached hydrogen (secondary N) is 1. The number of rotatable bonds is 7. The van der Waals surface area contributed by atoms with Crippen molar-refractivity contribution in [2.45, 2.75) is 89.6 Å². The largest absolute Gasteiger partial charge is 0.416 e. The van der Waals surface area contributed by atoms with Gasteiger partial charge < -0.3 is 15.1 Å². The number of hydrogen-bond donors (Lipinski definition) is 1. The van der Waals surface area contributed by atoms with Gasteiger partial charge in [-0.1, -0.05) is 13.3 Å². The number of likely N-dealkylation sites (tertiary alicyclic amines) is 1. The molecule has 1 saturated carbocycles. The number of alkyl halides is 3. The van der Waals surface area contributed by atoms with Crippen LogP contribution in [0.3, 0.4) is 0 Å². The number of fused-ring (bicyclic) bond motifs is 1. The molecule has 1 aliphatic heterocycles. The molecule has 192 valence electrons. The van der Waals surface area contributed by atoms with Crippen LogP contribution in [0.4, 0.5) is 19.0 Å². The number of carbonyl (C=O) groups is 1. The molecule has 35 heavy (non-hydrogen) atoms. The molecule has 9 heteroatoms. The van der Waals surface area contributed by atoms with E-state index in [9.17, 15) is 18.0 Å². The van der Waals surface area contributed by atoms with Gasteiger partial charge in [-0.2, -0.15) is 13.2 Å². The predicted octanol–water partition coefficient (Wildman–Crippen LogP) is 5.34. The Morgan fingerprint density at radius 1 is 1.20 bits per heavy atom. The van der Waals surface area contributed by atoms with E-state index in [0.717, 1.165) is 44.2 Å². The number of benzene rings is 1. The third-order valence-electron chi connectivity index (χ3n) is 7.88. The Morgan fingerprint density at radius 2 is 1.97 bits per heavy atom. The third kappa shape index (κ3) is 5.39. The number of nitrogens with zero attached hydrogens (tertiary/aromatic N) is 4. The third-order valence-corrected chi connectivity index (χ3v) is 7.88. The van der Waals surface area contributed by atoms with E-state index >= 15 is 0 Å². The van der Waals surface area contributed by atoms with Crippen LogP contribution in [0, 0.1) is 5.92 Å². The molecule has 2 aliphatic rings. The molecule has 4 atom stereocenters. The van der Waals surface area contributed by atoms with Crippen molar-refractivity contribution in [3.63, 3.8) is 0 Å². The second-order valence-corrected chi connectivity index (χ2v) is 10.3. The lowest BCUT2D eigenvalue weighted by atomic mass is 9.77. The monoisotopic (exact) mass is 491 g/mol. The highest BCUT2D eigenvalue weighted by molar-refractivity contribution is 5.93. The first kappa shape index (κ1) is 25.7. The minimum atomic E-state index is -4.46. The summed E-state index contributed by atoms with van der Waals surface area (Å²) in [4.78, 5) is 26.2. The lowest BCUT2D eigenvalue weighted by Gasteiger charge is -2.44. The Bertz CT molecular complexity index is 1040. The van der Waals surface area contributed by atoms with Crippen LogP contribution in [0.5, 0.6) is 0 Å². The van der Waals surface area contributed by atoms with Crippen LogP contribution in [0.25, 0.3) is 10.9 Å². The zero-order valence-corrected chi connectivity index (χ0v) is 21.0. The summed E-state index contributed by atoms with van der Waals surface area (Å²) >= 11 is 0. The summed E-state index contributed by atoms with van der Waals surface area (Å²) in [6.07, 6.45) is 2.77. The maximum atomic E-state index is 13.5. The van der Waals surface area contributed by atoms with Crippen molar-refractivity contribution in [1.29, 1.82) is 0 Å². The number of carbonyl (C=O) groups excluding carboxylic acids is 1. The predicted molar refractivity (Wildman–Crippen MR) is 131 cm³/mol. The summed E-state index contributed by atoms with van der Waals surface area (Å²) in [6, 6.07) is 4.15. The average Bonchev–Trinajstić information content (AvgIpc) is 3.17. The number of amides is 1. The Balaban J connectivity index is 1.50. The van der Waals surface area contributed by atoms with E-state index in [4.69, 9.17) is 0 Å². The minimum Gasteiger partial charge on any atom is -0.358 e. The first-order valence-corrected chi connectivity index (χ1v) is 12.7. The first-order valence-electron chi connectivity index (χ1n) is 12.7. The molecule has 0 bridgehead atoms. The van der Waals surface area contributed by atoms with Gasteiger partial charge in [0.05, 0.1) is 11.1 Å². The van der Waals surface area contributed by atoms with E-state index in [1.54, 1.807) is 0 Å². The molecule has 6 nitrogen and oxygen atoms in total.